The molecule has 2 N–H and O–H groups in total. The first-order valence-corrected chi connectivity index (χ1v) is 5.77. The summed E-state index contributed by atoms with van der Waals surface area (Å²) in [6.07, 6.45) is 0. The first-order chi connectivity index (χ1) is 9.43. The molecule has 0 unspecified atom stereocenters. The van der Waals surface area contributed by atoms with Gasteiger partial charge in [-0.1, -0.05) is 12.1 Å². The number of rotatable bonds is 5. The Bertz CT molecular complexity index is 677. The van der Waals surface area contributed by atoms with Gasteiger partial charge in [0.1, 0.15) is 13.2 Å². The van der Waals surface area contributed by atoms with Crippen LogP contribution in [0, 0.1) is 0 Å². The summed E-state index contributed by atoms with van der Waals surface area (Å²) in [6, 6.07) is 6.46. The van der Waals surface area contributed by atoms with Crippen LogP contribution in [0.3, 0.4) is 0 Å². The SMILES string of the molecule is O=C(Cn1c(=O)oc2ccccc21)NCC(F)(F)CO. The van der Waals surface area contributed by atoms with E-state index >= 15 is 0 Å². The Morgan fingerprint density at radius 3 is 2.80 bits per heavy atom. The van der Waals surface area contributed by atoms with Crippen LogP contribution in [-0.4, -0.2) is 34.7 Å². The number of carbonyl (C=O) groups is 1. The predicted molar refractivity (Wildman–Crippen MR) is 65.5 cm³/mol. The summed E-state index contributed by atoms with van der Waals surface area (Å²) in [7, 11) is 0. The summed E-state index contributed by atoms with van der Waals surface area (Å²) in [4.78, 5) is 23.1. The minimum absolute atomic E-state index is 0.311. The Balaban J connectivity index is 2.11. The molecule has 0 aliphatic heterocycles. The fraction of sp³-hybridized carbons (Fsp3) is 0.333. The summed E-state index contributed by atoms with van der Waals surface area (Å²) in [5.74, 6) is -4.90. The van der Waals surface area contributed by atoms with E-state index in [-0.39, 0.29) is 0 Å². The Morgan fingerprint density at radius 1 is 1.40 bits per heavy atom. The third-order valence-corrected chi connectivity index (χ3v) is 2.65. The van der Waals surface area contributed by atoms with Crippen molar-refractivity contribution in [3.05, 3.63) is 34.8 Å². The van der Waals surface area contributed by atoms with Crippen molar-refractivity contribution in [2.45, 2.75) is 12.5 Å². The second kappa shape index (κ2) is 5.41. The molecule has 20 heavy (non-hydrogen) atoms. The standard InChI is InChI=1S/C12H12F2N2O4/c13-12(14,7-17)6-15-10(18)5-16-8-3-1-2-4-9(8)20-11(16)19/h1-4,17H,5-7H2,(H,15,18). The summed E-state index contributed by atoms with van der Waals surface area (Å²) < 4.78 is 31.5. The Hall–Kier alpha value is -2.22. The first kappa shape index (κ1) is 14.2. The number of carbonyl (C=O) groups excluding carboxylic acids is 1. The molecule has 1 amide bonds. The molecular formula is C12H12F2N2O4. The molecule has 2 aromatic rings. The number of hydrogen-bond acceptors (Lipinski definition) is 4. The lowest BCUT2D eigenvalue weighted by Gasteiger charge is -2.13. The highest BCUT2D eigenvalue weighted by Gasteiger charge is 2.28. The van der Waals surface area contributed by atoms with Gasteiger partial charge in [0.25, 0.3) is 5.92 Å². The van der Waals surface area contributed by atoms with E-state index in [0.717, 1.165) is 4.57 Å². The number of oxazole rings is 1. The average Bonchev–Trinajstić information content (AvgIpc) is 2.73. The fourth-order valence-electron chi connectivity index (χ4n) is 1.65. The molecule has 2 rings (SSSR count). The number of nitrogens with one attached hydrogen (secondary N) is 1. The number of fused-ring (bicyclic) bond motifs is 1. The number of para-hydroxylation sites is 2. The summed E-state index contributed by atoms with van der Waals surface area (Å²) in [6.45, 7) is -2.79. The normalized spacial score (nSPS) is 11.8. The summed E-state index contributed by atoms with van der Waals surface area (Å²) in [5, 5.41) is 10.3. The lowest BCUT2D eigenvalue weighted by atomic mass is 10.3. The summed E-state index contributed by atoms with van der Waals surface area (Å²) in [5.41, 5.74) is 0.715. The number of aliphatic hydroxyl groups is 1. The van der Waals surface area contributed by atoms with Crippen LogP contribution < -0.4 is 11.1 Å². The van der Waals surface area contributed by atoms with Crippen molar-refractivity contribution in [3.8, 4) is 0 Å². The van der Waals surface area contributed by atoms with Crippen LogP contribution in [0.5, 0.6) is 0 Å². The molecule has 0 saturated heterocycles. The van der Waals surface area contributed by atoms with Crippen LogP contribution in [-0.2, 0) is 11.3 Å². The maximum atomic E-state index is 12.8. The van der Waals surface area contributed by atoms with E-state index in [0.29, 0.717) is 11.1 Å². The highest BCUT2D eigenvalue weighted by atomic mass is 19.3. The zero-order valence-corrected chi connectivity index (χ0v) is 10.3. The van der Waals surface area contributed by atoms with Crippen LogP contribution >= 0.6 is 0 Å². The van der Waals surface area contributed by atoms with E-state index in [9.17, 15) is 18.4 Å². The van der Waals surface area contributed by atoms with Crippen LogP contribution in [0.4, 0.5) is 8.78 Å². The number of aromatic nitrogens is 1. The molecule has 1 aromatic heterocycles. The van der Waals surface area contributed by atoms with Gasteiger partial charge in [-0.3, -0.25) is 9.36 Å². The van der Waals surface area contributed by atoms with Gasteiger partial charge in [0.15, 0.2) is 5.58 Å². The van der Waals surface area contributed by atoms with Crippen molar-refractivity contribution in [1.82, 2.24) is 9.88 Å². The second-order valence-electron chi connectivity index (χ2n) is 4.21. The van der Waals surface area contributed by atoms with Gasteiger partial charge in [0.05, 0.1) is 12.1 Å². The number of halogens is 2. The number of nitrogens with zero attached hydrogens (tertiary/aromatic N) is 1. The van der Waals surface area contributed by atoms with E-state index in [4.69, 9.17) is 9.52 Å². The highest BCUT2D eigenvalue weighted by molar-refractivity contribution is 5.79. The molecule has 0 aliphatic carbocycles. The number of alkyl halides is 2. The average molecular weight is 286 g/mol. The van der Waals surface area contributed by atoms with Crippen molar-refractivity contribution in [1.29, 1.82) is 0 Å². The van der Waals surface area contributed by atoms with Crippen molar-refractivity contribution in [2.24, 2.45) is 0 Å². The van der Waals surface area contributed by atoms with Crippen LogP contribution in [0.25, 0.3) is 11.1 Å². The van der Waals surface area contributed by atoms with Crippen molar-refractivity contribution < 1.29 is 23.1 Å². The molecule has 108 valence electrons. The second-order valence-corrected chi connectivity index (χ2v) is 4.21. The van der Waals surface area contributed by atoms with E-state index in [1.165, 1.54) is 0 Å². The topological polar surface area (TPSA) is 84.5 Å². The molecule has 0 spiro atoms. The molecule has 0 bridgehead atoms. The van der Waals surface area contributed by atoms with Crippen molar-refractivity contribution in [2.75, 3.05) is 13.2 Å². The number of amides is 1. The maximum absolute atomic E-state index is 12.8. The van der Waals surface area contributed by atoms with Gasteiger partial charge >= 0.3 is 5.76 Å². The Labute approximate surface area is 111 Å². The highest BCUT2D eigenvalue weighted by Crippen LogP contribution is 2.12. The molecule has 0 saturated carbocycles. The zero-order chi connectivity index (χ0) is 14.8. The lowest BCUT2D eigenvalue weighted by Crippen LogP contribution is -2.41. The van der Waals surface area contributed by atoms with Crippen molar-refractivity contribution in [3.63, 3.8) is 0 Å². The molecular weight excluding hydrogens is 274 g/mol. The first-order valence-electron chi connectivity index (χ1n) is 5.77. The molecule has 6 nitrogen and oxygen atoms in total. The lowest BCUT2D eigenvalue weighted by molar-refractivity contribution is -0.124. The van der Waals surface area contributed by atoms with Crippen LogP contribution in [0.2, 0.25) is 0 Å². The molecule has 0 fully saturated rings. The smallest absolute Gasteiger partial charge is 0.408 e. The fourth-order valence-corrected chi connectivity index (χ4v) is 1.65. The Kier molecular flexibility index (Phi) is 3.84. The van der Waals surface area contributed by atoms with Gasteiger partial charge < -0.3 is 14.8 Å². The molecule has 0 radical (unpaired) electrons. The van der Waals surface area contributed by atoms with Gasteiger partial charge in [-0.2, -0.15) is 0 Å². The van der Waals surface area contributed by atoms with Gasteiger partial charge in [-0.05, 0) is 12.1 Å². The maximum Gasteiger partial charge on any atom is 0.420 e. The summed E-state index contributed by atoms with van der Waals surface area (Å²) >= 11 is 0. The number of aliphatic hydroxyl groups excluding tert-OH is 1. The number of benzene rings is 1. The van der Waals surface area contributed by atoms with Gasteiger partial charge in [-0.25, -0.2) is 13.6 Å². The van der Waals surface area contributed by atoms with Crippen LogP contribution in [0.15, 0.2) is 33.5 Å². The van der Waals surface area contributed by atoms with E-state index in [1.54, 1.807) is 24.3 Å². The van der Waals surface area contributed by atoms with Gasteiger partial charge in [0.2, 0.25) is 5.91 Å². The minimum atomic E-state index is -3.39. The molecule has 0 aliphatic rings. The minimum Gasteiger partial charge on any atom is -0.408 e. The predicted octanol–water partition coefficient (Wildman–Crippen LogP) is 0.338. The molecule has 1 aromatic carbocycles. The van der Waals surface area contributed by atoms with E-state index in [2.05, 4.69) is 0 Å². The third-order valence-electron chi connectivity index (χ3n) is 2.65. The monoisotopic (exact) mass is 286 g/mol. The Morgan fingerprint density at radius 2 is 2.10 bits per heavy atom. The third kappa shape index (κ3) is 3.02. The zero-order valence-electron chi connectivity index (χ0n) is 10.3. The molecule has 8 heteroatoms. The van der Waals surface area contributed by atoms with Crippen molar-refractivity contribution >= 4 is 17.0 Å². The van der Waals surface area contributed by atoms with Gasteiger partial charge in [-0.15, -0.1) is 0 Å². The molecule has 0 atom stereocenters. The number of hydrogen-bond donors (Lipinski definition) is 2. The van der Waals surface area contributed by atoms with Gasteiger partial charge in [0, 0.05) is 0 Å². The quantitative estimate of drug-likeness (QED) is 0.830. The largest absolute Gasteiger partial charge is 0.420 e. The van der Waals surface area contributed by atoms with Crippen LogP contribution in [0.1, 0.15) is 0 Å². The molecule has 1 heterocycles. The van der Waals surface area contributed by atoms with E-state index < -0.39 is 37.3 Å². The van der Waals surface area contributed by atoms with E-state index in [1.807, 2.05) is 5.32 Å².